The van der Waals surface area contributed by atoms with Gasteiger partial charge >= 0.3 is 0 Å². The summed E-state index contributed by atoms with van der Waals surface area (Å²) in [7, 11) is 0. The molecule has 0 unspecified atom stereocenters. The van der Waals surface area contributed by atoms with Crippen LogP contribution >= 0.6 is 0 Å². The molecule has 0 saturated heterocycles. The molecular formula is C70H51N. The van der Waals surface area contributed by atoms with E-state index in [2.05, 4.69) is 292 Å². The number of anilines is 3. The lowest BCUT2D eigenvalue weighted by Gasteiger charge is -2.33. The van der Waals surface area contributed by atoms with Gasteiger partial charge in [-0.05, 0) is 119 Å². The molecule has 2 aliphatic rings. The van der Waals surface area contributed by atoms with Gasteiger partial charge in [0.15, 0.2) is 0 Å². The van der Waals surface area contributed by atoms with Crippen molar-refractivity contribution in [2.75, 3.05) is 4.90 Å². The van der Waals surface area contributed by atoms with E-state index in [4.69, 9.17) is 0 Å². The number of hydrogen-bond acceptors (Lipinski definition) is 1. The Morgan fingerprint density at radius 3 is 1.38 bits per heavy atom. The first-order valence-corrected chi connectivity index (χ1v) is 24.8. The van der Waals surface area contributed by atoms with Gasteiger partial charge in [0.1, 0.15) is 0 Å². The smallest absolute Gasteiger partial charge is 0.0713 e. The Bertz CT molecular complexity index is 3720. The van der Waals surface area contributed by atoms with Gasteiger partial charge in [0, 0.05) is 22.2 Å². The third kappa shape index (κ3) is 6.76. The van der Waals surface area contributed by atoms with Crippen molar-refractivity contribution in [2.24, 2.45) is 0 Å². The third-order valence-corrected chi connectivity index (χ3v) is 15.4. The molecule has 1 heteroatoms. The molecule has 0 amide bonds. The summed E-state index contributed by atoms with van der Waals surface area (Å²) < 4.78 is 0. The minimum atomic E-state index is -0.434. The monoisotopic (exact) mass is 905 g/mol. The van der Waals surface area contributed by atoms with E-state index in [0.717, 1.165) is 28.2 Å². The van der Waals surface area contributed by atoms with Gasteiger partial charge in [-0.15, -0.1) is 0 Å². The maximum atomic E-state index is 2.48. The van der Waals surface area contributed by atoms with Crippen LogP contribution in [-0.2, 0) is 10.8 Å². The van der Waals surface area contributed by atoms with E-state index < -0.39 is 5.41 Å². The van der Waals surface area contributed by atoms with E-state index in [1.54, 1.807) is 0 Å². The number of rotatable bonds is 9. The molecule has 2 aliphatic carbocycles. The lowest BCUT2D eigenvalue weighted by atomic mass is 9.67. The molecule has 0 aliphatic heterocycles. The van der Waals surface area contributed by atoms with Gasteiger partial charge in [0.25, 0.3) is 0 Å². The quantitative estimate of drug-likeness (QED) is 0.139. The molecule has 13 rings (SSSR count). The normalized spacial score (nSPS) is 13.4. The standard InChI is InChI=1S/C70H51N/c1-69(2)62-32-16-13-30-60(62)68-59(31-20-34-65(68)69)58-29-15-19-36-67(58)71(66-35-18-14-27-56(66)51-39-37-49(38-40-51)48-21-6-3-7-22-48)55-44-41-50(42-45-55)52-43-46-64-61(47-52)57-28-12-17-33-63(57)70(64,53-23-8-4-9-24-53)54-25-10-5-11-26-54/h3-47H,1-2H3. The van der Waals surface area contributed by atoms with Gasteiger partial charge in [-0.1, -0.05) is 257 Å². The van der Waals surface area contributed by atoms with Crippen molar-refractivity contribution in [3.63, 3.8) is 0 Å². The summed E-state index contributed by atoms with van der Waals surface area (Å²) >= 11 is 0. The van der Waals surface area contributed by atoms with Crippen molar-refractivity contribution in [2.45, 2.75) is 24.7 Å². The Morgan fingerprint density at radius 1 is 0.268 bits per heavy atom. The molecule has 0 spiro atoms. The van der Waals surface area contributed by atoms with Gasteiger partial charge in [0.2, 0.25) is 0 Å². The first-order valence-electron chi connectivity index (χ1n) is 24.8. The highest BCUT2D eigenvalue weighted by Gasteiger charge is 2.46. The van der Waals surface area contributed by atoms with Crippen LogP contribution in [0.3, 0.4) is 0 Å². The van der Waals surface area contributed by atoms with Crippen LogP contribution in [0.5, 0.6) is 0 Å². The molecule has 0 fully saturated rings. The van der Waals surface area contributed by atoms with Crippen molar-refractivity contribution < 1.29 is 0 Å². The highest BCUT2D eigenvalue weighted by molar-refractivity contribution is 6.00. The molecule has 1 nitrogen and oxygen atoms in total. The highest BCUT2D eigenvalue weighted by atomic mass is 15.1. The Kier molecular flexibility index (Phi) is 10.1. The lowest BCUT2D eigenvalue weighted by molar-refractivity contribution is 0.660. The van der Waals surface area contributed by atoms with Gasteiger partial charge in [-0.3, -0.25) is 0 Å². The van der Waals surface area contributed by atoms with Crippen LogP contribution in [0.25, 0.3) is 66.8 Å². The summed E-state index contributed by atoms with van der Waals surface area (Å²) in [6.45, 7) is 4.73. The molecule has 0 atom stereocenters. The van der Waals surface area contributed by atoms with Crippen molar-refractivity contribution in [1.82, 2.24) is 0 Å². The molecule has 0 bridgehead atoms. The molecule has 11 aromatic rings. The summed E-state index contributed by atoms with van der Waals surface area (Å²) in [6, 6.07) is 101. The Morgan fingerprint density at radius 2 is 0.704 bits per heavy atom. The zero-order valence-corrected chi connectivity index (χ0v) is 39.9. The van der Waals surface area contributed by atoms with Crippen LogP contribution in [0.15, 0.2) is 273 Å². The van der Waals surface area contributed by atoms with Crippen molar-refractivity contribution in [1.29, 1.82) is 0 Å². The largest absolute Gasteiger partial charge is 0.309 e. The predicted octanol–water partition coefficient (Wildman–Crippen LogP) is 18.5. The summed E-state index contributed by atoms with van der Waals surface area (Å²) in [6.07, 6.45) is 0. The van der Waals surface area contributed by atoms with Gasteiger partial charge in [-0.2, -0.15) is 0 Å². The summed E-state index contributed by atoms with van der Waals surface area (Å²) in [4.78, 5) is 2.48. The predicted molar refractivity (Wildman–Crippen MR) is 298 cm³/mol. The van der Waals surface area contributed by atoms with Gasteiger partial charge in [-0.25, -0.2) is 0 Å². The SMILES string of the molecule is CC1(C)c2ccccc2-c2c(-c3ccccc3N(c3ccc(-c4ccc5c(c4)-c4ccccc4C5(c4ccccc4)c4ccccc4)cc3)c3ccccc3-c3ccc(-c4ccccc4)cc3)cccc21. The summed E-state index contributed by atoms with van der Waals surface area (Å²) in [5, 5.41) is 0. The Balaban J connectivity index is 0.968. The molecule has 0 radical (unpaired) electrons. The number of hydrogen-bond donors (Lipinski definition) is 0. The maximum Gasteiger partial charge on any atom is 0.0713 e. The number of nitrogens with zero attached hydrogens (tertiary/aromatic N) is 1. The minimum Gasteiger partial charge on any atom is -0.309 e. The Hall–Kier alpha value is -8.78. The van der Waals surface area contributed by atoms with Crippen LogP contribution in [0.4, 0.5) is 17.1 Å². The van der Waals surface area contributed by atoms with E-state index in [-0.39, 0.29) is 5.41 Å². The highest BCUT2D eigenvalue weighted by Crippen LogP contribution is 2.57. The van der Waals surface area contributed by atoms with E-state index in [1.807, 2.05) is 0 Å². The van der Waals surface area contributed by atoms with Crippen LogP contribution in [0.1, 0.15) is 47.2 Å². The Labute approximate surface area is 417 Å². The molecular weight excluding hydrogens is 855 g/mol. The fourth-order valence-corrected chi connectivity index (χ4v) is 12.1. The van der Waals surface area contributed by atoms with Crippen LogP contribution in [0, 0.1) is 0 Å². The second-order valence-electron chi connectivity index (χ2n) is 19.5. The molecule has 0 aromatic heterocycles. The molecule has 336 valence electrons. The van der Waals surface area contributed by atoms with Crippen molar-refractivity contribution >= 4 is 17.1 Å². The third-order valence-electron chi connectivity index (χ3n) is 15.4. The van der Waals surface area contributed by atoms with E-state index in [9.17, 15) is 0 Å². The molecule has 0 N–H and O–H groups in total. The van der Waals surface area contributed by atoms with E-state index >= 15 is 0 Å². The second-order valence-corrected chi connectivity index (χ2v) is 19.5. The van der Waals surface area contributed by atoms with Gasteiger partial charge < -0.3 is 4.90 Å². The zero-order valence-electron chi connectivity index (χ0n) is 39.9. The second kappa shape index (κ2) is 17.0. The number of para-hydroxylation sites is 2. The molecule has 0 saturated carbocycles. The fourth-order valence-electron chi connectivity index (χ4n) is 12.1. The van der Waals surface area contributed by atoms with Gasteiger partial charge in [0.05, 0.1) is 16.8 Å². The average molecular weight is 906 g/mol. The van der Waals surface area contributed by atoms with Crippen LogP contribution < -0.4 is 4.90 Å². The van der Waals surface area contributed by atoms with Crippen molar-refractivity contribution in [3.05, 3.63) is 306 Å². The summed E-state index contributed by atoms with van der Waals surface area (Å²) in [5.41, 5.74) is 25.4. The number of fused-ring (bicyclic) bond motifs is 6. The lowest BCUT2D eigenvalue weighted by Crippen LogP contribution is -2.28. The number of benzene rings is 11. The average Bonchev–Trinajstić information content (AvgIpc) is 3.88. The van der Waals surface area contributed by atoms with Crippen LogP contribution in [-0.4, -0.2) is 0 Å². The maximum absolute atomic E-state index is 2.48. The van der Waals surface area contributed by atoms with Crippen LogP contribution in [0.2, 0.25) is 0 Å². The van der Waals surface area contributed by atoms with E-state index in [0.29, 0.717) is 0 Å². The van der Waals surface area contributed by atoms with Crippen molar-refractivity contribution in [3.8, 4) is 66.8 Å². The minimum absolute atomic E-state index is 0.116. The molecule has 71 heavy (non-hydrogen) atoms. The first kappa shape index (κ1) is 42.3. The van der Waals surface area contributed by atoms with E-state index in [1.165, 1.54) is 89.0 Å². The topological polar surface area (TPSA) is 3.24 Å². The molecule has 11 aromatic carbocycles. The zero-order chi connectivity index (χ0) is 47.5. The fraction of sp³-hybridized carbons (Fsp3) is 0.0571. The summed E-state index contributed by atoms with van der Waals surface area (Å²) in [5.74, 6) is 0. The molecule has 0 heterocycles. The first-order chi connectivity index (χ1) is 35.0.